The highest BCUT2D eigenvalue weighted by atomic mass is 16.4. The number of carboxylic acids is 1. The molecular weight excluding hydrogens is 424 g/mol. The second kappa shape index (κ2) is 14.3. The number of hydrogen-bond acceptors (Lipinski definition) is 8. The molecule has 1 aliphatic heterocycles. The molecule has 4 unspecified atom stereocenters. The number of carbonyl (C=O) groups excluding carboxylic acids is 4. The molecule has 4 atom stereocenters. The SMILES string of the molecule is NCCCCC(NC(=O)C1CCCN1)C(=O)NC(CO)C(=O)NC(CCC(N)=O)C(=O)O. The third kappa shape index (κ3) is 9.58. The summed E-state index contributed by atoms with van der Waals surface area (Å²) in [5.74, 6) is -4.09. The van der Waals surface area contributed by atoms with Gasteiger partial charge in [-0.1, -0.05) is 0 Å². The van der Waals surface area contributed by atoms with E-state index < -0.39 is 54.5 Å². The first-order valence-electron chi connectivity index (χ1n) is 10.7. The van der Waals surface area contributed by atoms with Crippen molar-refractivity contribution in [2.45, 2.75) is 69.1 Å². The van der Waals surface area contributed by atoms with Crippen molar-refractivity contribution in [1.82, 2.24) is 21.3 Å². The highest BCUT2D eigenvalue weighted by Crippen LogP contribution is 2.08. The maximum atomic E-state index is 12.8. The minimum atomic E-state index is -1.45. The molecule has 0 radical (unpaired) electrons. The largest absolute Gasteiger partial charge is 0.480 e. The highest BCUT2D eigenvalue weighted by molar-refractivity contribution is 5.94. The summed E-state index contributed by atoms with van der Waals surface area (Å²) in [4.78, 5) is 59.8. The van der Waals surface area contributed by atoms with Crippen LogP contribution in [0.5, 0.6) is 0 Å². The number of carboxylic acid groups (broad SMARTS) is 1. The van der Waals surface area contributed by atoms with E-state index in [1.165, 1.54) is 0 Å². The number of rotatable bonds is 15. The normalized spacial score (nSPS) is 18.2. The molecule has 0 saturated carbocycles. The highest BCUT2D eigenvalue weighted by Gasteiger charge is 2.31. The van der Waals surface area contributed by atoms with E-state index in [1.807, 2.05) is 0 Å². The first kappa shape index (κ1) is 27.3. The number of hydrogen-bond donors (Lipinski definition) is 8. The molecule has 32 heavy (non-hydrogen) atoms. The van der Waals surface area contributed by atoms with E-state index in [-0.39, 0.29) is 25.2 Å². The lowest BCUT2D eigenvalue weighted by atomic mass is 10.1. The summed E-state index contributed by atoms with van der Waals surface area (Å²) >= 11 is 0. The quantitative estimate of drug-likeness (QED) is 0.115. The maximum absolute atomic E-state index is 12.8. The van der Waals surface area contributed by atoms with Gasteiger partial charge in [0.2, 0.25) is 23.6 Å². The van der Waals surface area contributed by atoms with Crippen molar-refractivity contribution in [1.29, 1.82) is 0 Å². The van der Waals surface area contributed by atoms with E-state index >= 15 is 0 Å². The summed E-state index contributed by atoms with van der Waals surface area (Å²) in [6, 6.07) is -4.23. The lowest BCUT2D eigenvalue weighted by Gasteiger charge is -2.24. The lowest BCUT2D eigenvalue weighted by Crippen LogP contribution is -2.58. The van der Waals surface area contributed by atoms with Gasteiger partial charge in [-0.25, -0.2) is 4.79 Å². The summed E-state index contributed by atoms with van der Waals surface area (Å²) in [5.41, 5.74) is 10.5. The van der Waals surface area contributed by atoms with Crippen LogP contribution in [-0.4, -0.2) is 83.7 Å². The summed E-state index contributed by atoms with van der Waals surface area (Å²) in [7, 11) is 0. The topological polar surface area (TPSA) is 226 Å². The van der Waals surface area contributed by atoms with E-state index in [0.717, 1.165) is 6.42 Å². The van der Waals surface area contributed by atoms with Crippen molar-refractivity contribution in [2.75, 3.05) is 19.7 Å². The number of nitrogens with one attached hydrogen (secondary N) is 4. The number of unbranched alkanes of at least 4 members (excludes halogenated alkanes) is 1. The molecule has 0 aromatic rings. The van der Waals surface area contributed by atoms with E-state index in [1.54, 1.807) is 0 Å². The zero-order chi connectivity index (χ0) is 24.1. The maximum Gasteiger partial charge on any atom is 0.326 e. The predicted molar refractivity (Wildman–Crippen MR) is 113 cm³/mol. The molecule has 13 nitrogen and oxygen atoms in total. The van der Waals surface area contributed by atoms with Crippen molar-refractivity contribution in [3.05, 3.63) is 0 Å². The second-order valence-electron chi connectivity index (χ2n) is 7.64. The molecular formula is C19H34N6O7. The molecule has 1 fully saturated rings. The molecule has 13 heteroatoms. The molecule has 0 aliphatic carbocycles. The monoisotopic (exact) mass is 458 g/mol. The Morgan fingerprint density at radius 2 is 1.62 bits per heavy atom. The molecule has 0 spiro atoms. The molecule has 1 aliphatic rings. The first-order valence-corrected chi connectivity index (χ1v) is 10.7. The molecule has 182 valence electrons. The van der Waals surface area contributed by atoms with Crippen LogP contribution in [0.2, 0.25) is 0 Å². The van der Waals surface area contributed by atoms with Gasteiger partial charge < -0.3 is 42.9 Å². The Balaban J connectivity index is 2.77. The average Bonchev–Trinajstić information content (AvgIpc) is 3.28. The summed E-state index contributed by atoms with van der Waals surface area (Å²) in [6.07, 6.45) is 2.44. The lowest BCUT2D eigenvalue weighted by molar-refractivity contribution is -0.143. The molecule has 1 heterocycles. The van der Waals surface area contributed by atoms with Gasteiger partial charge in [-0.05, 0) is 51.6 Å². The van der Waals surface area contributed by atoms with Crippen molar-refractivity contribution in [2.24, 2.45) is 11.5 Å². The average molecular weight is 459 g/mol. The van der Waals surface area contributed by atoms with Crippen molar-refractivity contribution < 1.29 is 34.2 Å². The van der Waals surface area contributed by atoms with Gasteiger partial charge in [-0.3, -0.25) is 19.2 Å². The predicted octanol–water partition coefficient (Wildman–Crippen LogP) is -3.34. The Morgan fingerprint density at radius 1 is 0.969 bits per heavy atom. The molecule has 1 rings (SSSR count). The van der Waals surface area contributed by atoms with E-state index in [9.17, 15) is 34.2 Å². The van der Waals surface area contributed by atoms with Crippen molar-refractivity contribution in [3.8, 4) is 0 Å². The van der Waals surface area contributed by atoms with Gasteiger partial charge >= 0.3 is 5.97 Å². The van der Waals surface area contributed by atoms with Gasteiger partial charge in [0, 0.05) is 6.42 Å². The zero-order valence-electron chi connectivity index (χ0n) is 18.0. The standard InChI is InChI=1S/C19H34N6O7/c20-8-2-1-4-12(23-16(28)11-5-3-9-22-11)17(29)25-14(10-26)18(30)24-13(19(31)32)6-7-15(21)27/h11-14,22,26H,1-10,20H2,(H2,21,27)(H,23,28)(H,24,30)(H,25,29)(H,31,32). The fraction of sp³-hybridized carbons (Fsp3) is 0.737. The third-order valence-corrected chi connectivity index (χ3v) is 5.07. The van der Waals surface area contributed by atoms with Gasteiger partial charge in [0.05, 0.1) is 12.6 Å². The number of carbonyl (C=O) groups is 5. The minimum Gasteiger partial charge on any atom is -0.480 e. The Labute approximate surface area is 186 Å². The number of amides is 4. The number of primary amides is 1. The van der Waals surface area contributed by atoms with Gasteiger partial charge in [0.1, 0.15) is 18.1 Å². The van der Waals surface area contributed by atoms with Crippen LogP contribution in [0.4, 0.5) is 0 Å². The van der Waals surface area contributed by atoms with Gasteiger partial charge in [-0.2, -0.15) is 0 Å². The molecule has 0 aromatic carbocycles. The minimum absolute atomic E-state index is 0.241. The van der Waals surface area contributed by atoms with Crippen LogP contribution in [0.25, 0.3) is 0 Å². The smallest absolute Gasteiger partial charge is 0.326 e. The molecule has 4 amide bonds. The van der Waals surface area contributed by atoms with Gasteiger partial charge in [0.25, 0.3) is 0 Å². The molecule has 1 saturated heterocycles. The Bertz CT molecular complexity index is 669. The first-order chi connectivity index (χ1) is 15.2. The van der Waals surface area contributed by atoms with E-state index in [0.29, 0.717) is 32.4 Å². The van der Waals surface area contributed by atoms with Crippen LogP contribution in [0.15, 0.2) is 0 Å². The fourth-order valence-corrected chi connectivity index (χ4v) is 3.22. The van der Waals surface area contributed by atoms with E-state index in [4.69, 9.17) is 11.5 Å². The number of aliphatic hydroxyl groups excluding tert-OH is 1. The summed E-state index contributed by atoms with van der Waals surface area (Å²) in [5, 5.41) is 29.0. The van der Waals surface area contributed by atoms with Gasteiger partial charge in [0.15, 0.2) is 0 Å². The van der Waals surface area contributed by atoms with Gasteiger partial charge in [-0.15, -0.1) is 0 Å². The van der Waals surface area contributed by atoms with Crippen LogP contribution in [0, 0.1) is 0 Å². The molecule has 0 bridgehead atoms. The Morgan fingerprint density at radius 3 is 2.16 bits per heavy atom. The third-order valence-electron chi connectivity index (χ3n) is 5.07. The zero-order valence-corrected chi connectivity index (χ0v) is 18.0. The molecule has 10 N–H and O–H groups in total. The van der Waals surface area contributed by atoms with Crippen LogP contribution >= 0.6 is 0 Å². The van der Waals surface area contributed by atoms with Crippen molar-refractivity contribution in [3.63, 3.8) is 0 Å². The van der Waals surface area contributed by atoms with Crippen LogP contribution in [0.3, 0.4) is 0 Å². The number of aliphatic carboxylic acids is 1. The summed E-state index contributed by atoms with van der Waals surface area (Å²) in [6.45, 7) is 0.318. The van der Waals surface area contributed by atoms with Crippen LogP contribution < -0.4 is 32.7 Å². The number of nitrogens with two attached hydrogens (primary N) is 2. The Kier molecular flexibility index (Phi) is 12.2. The summed E-state index contributed by atoms with van der Waals surface area (Å²) < 4.78 is 0. The fourth-order valence-electron chi connectivity index (χ4n) is 3.22. The van der Waals surface area contributed by atoms with Crippen molar-refractivity contribution >= 4 is 29.6 Å². The number of aliphatic hydroxyl groups is 1. The molecule has 0 aromatic heterocycles. The van der Waals surface area contributed by atoms with Crippen LogP contribution in [-0.2, 0) is 24.0 Å². The van der Waals surface area contributed by atoms with Crippen LogP contribution in [0.1, 0.15) is 44.9 Å². The Hall–Kier alpha value is -2.77. The second-order valence-corrected chi connectivity index (χ2v) is 7.64. The van der Waals surface area contributed by atoms with E-state index in [2.05, 4.69) is 21.3 Å².